The Bertz CT molecular complexity index is 419. The second kappa shape index (κ2) is 49.0. The van der Waals surface area contributed by atoms with Crippen LogP contribution in [0.15, 0.2) is 0 Å². The van der Waals surface area contributed by atoms with Gasteiger partial charge in [-0.05, 0) is 6.42 Å². The van der Waals surface area contributed by atoms with E-state index in [1.807, 2.05) is 0 Å². The van der Waals surface area contributed by atoms with Crippen molar-refractivity contribution >= 4 is 43.2 Å². The molecule has 0 aliphatic rings. The molecule has 0 heterocycles. The van der Waals surface area contributed by atoms with Crippen LogP contribution in [0.2, 0.25) is 0 Å². The number of carboxylic acids is 3. The molecular formula is C24H48Na2O8S2. The van der Waals surface area contributed by atoms with Gasteiger partial charge in [-0.1, -0.05) is 96.8 Å². The Hall–Kier alpha value is 1.03. The zero-order valence-electron chi connectivity index (χ0n) is 22.9. The number of unbranched alkanes of at least 4 members (excludes halogenated alkanes) is 14. The molecule has 0 bridgehead atoms. The zero-order valence-corrected chi connectivity index (χ0v) is 28.7. The van der Waals surface area contributed by atoms with Gasteiger partial charge in [-0.3, -0.25) is 4.79 Å². The van der Waals surface area contributed by atoms with E-state index in [0.29, 0.717) is 6.42 Å². The first-order valence-electron chi connectivity index (χ1n) is 12.3. The Labute approximate surface area is 274 Å². The van der Waals surface area contributed by atoms with Crippen LogP contribution in [0.3, 0.4) is 0 Å². The predicted octanol–water partition coefficient (Wildman–Crippen LogP) is -3.36. The monoisotopic (exact) mass is 574 g/mol. The van der Waals surface area contributed by atoms with Gasteiger partial charge in [0, 0.05) is 17.9 Å². The van der Waals surface area contributed by atoms with Crippen LogP contribution >= 0.6 is 25.3 Å². The number of aliphatic hydroxyl groups excluding tert-OH is 2. The third kappa shape index (κ3) is 76.5. The number of aliphatic carboxylic acids is 3. The molecule has 0 aliphatic heterocycles. The molecule has 0 saturated carbocycles. The maximum Gasteiger partial charge on any atom is 1.00 e. The van der Waals surface area contributed by atoms with Crippen molar-refractivity contribution in [3.63, 3.8) is 0 Å². The Morgan fingerprint density at radius 2 is 0.806 bits per heavy atom. The molecule has 0 aromatic carbocycles. The number of carbonyl (C=O) groups excluding carboxylic acids is 2. The molecular weight excluding hydrogens is 526 g/mol. The van der Waals surface area contributed by atoms with E-state index in [1.165, 1.54) is 83.5 Å². The van der Waals surface area contributed by atoms with Gasteiger partial charge in [0.05, 0.1) is 25.2 Å². The average molecular weight is 575 g/mol. The van der Waals surface area contributed by atoms with Gasteiger partial charge < -0.3 is 35.1 Å². The van der Waals surface area contributed by atoms with E-state index in [4.69, 9.17) is 15.3 Å². The Kier molecular flexibility index (Phi) is 68.0. The molecule has 0 amide bonds. The first kappa shape index (κ1) is 49.9. The van der Waals surface area contributed by atoms with E-state index in [0.717, 1.165) is 12.8 Å². The van der Waals surface area contributed by atoms with Crippen molar-refractivity contribution in [2.24, 2.45) is 0 Å². The summed E-state index contributed by atoms with van der Waals surface area (Å²) in [5, 5.41) is 42.1. The normalized spacial score (nSPS) is 8.92. The van der Waals surface area contributed by atoms with E-state index in [2.05, 4.69) is 32.2 Å². The third-order valence-electron chi connectivity index (χ3n) is 4.35. The molecule has 206 valence electrons. The Morgan fingerprint density at radius 1 is 0.583 bits per heavy atom. The number of thiol groups is 2. The summed E-state index contributed by atoms with van der Waals surface area (Å²) in [6.07, 6.45) is 20.2. The fourth-order valence-corrected chi connectivity index (χ4v) is 2.65. The number of hydrogen-bond donors (Lipinski definition) is 5. The zero-order chi connectivity index (χ0) is 26.9. The van der Waals surface area contributed by atoms with Gasteiger partial charge in [0.15, 0.2) is 0 Å². The second-order valence-electron chi connectivity index (χ2n) is 7.60. The fraction of sp³-hybridized carbons (Fsp3) is 0.875. The van der Waals surface area contributed by atoms with Crippen molar-refractivity contribution in [2.75, 3.05) is 24.7 Å². The van der Waals surface area contributed by atoms with Crippen LogP contribution in [0.4, 0.5) is 0 Å². The second-order valence-corrected chi connectivity index (χ2v) is 8.23. The molecule has 8 nitrogen and oxygen atoms in total. The number of carbonyl (C=O) groups is 3. The molecule has 3 N–H and O–H groups in total. The standard InChI is InChI=1S/C18H36O2.2C2H4O2S.C2H6O2.2Na/c1-2-3-4-5-6-7-8-9-10-11-12-13-14-15-16-17-18(19)20;2*3-2(4)1-5;3-1-2-4;;/h2-17H2,1H3,(H,19,20);2*5H,1H2,(H,3,4);3-4H,1-2H2;;/q;;;;2*+1/p-2. The molecule has 0 aliphatic carbocycles. The van der Waals surface area contributed by atoms with Crippen LogP contribution < -0.4 is 69.3 Å². The van der Waals surface area contributed by atoms with Crippen molar-refractivity contribution in [2.45, 2.75) is 110 Å². The Morgan fingerprint density at radius 3 is 0.972 bits per heavy atom. The third-order valence-corrected chi connectivity index (χ3v) is 4.87. The fourth-order valence-electron chi connectivity index (χ4n) is 2.65. The van der Waals surface area contributed by atoms with Crippen LogP contribution in [0, 0.1) is 0 Å². The summed E-state index contributed by atoms with van der Waals surface area (Å²) < 4.78 is 0. The van der Waals surface area contributed by atoms with Gasteiger partial charge >= 0.3 is 65.1 Å². The summed E-state index contributed by atoms with van der Waals surface area (Å²) in [5.74, 6) is -3.30. The molecule has 12 heteroatoms. The van der Waals surface area contributed by atoms with Crippen molar-refractivity contribution < 1.29 is 99.0 Å². The van der Waals surface area contributed by atoms with Crippen LogP contribution in [0.25, 0.3) is 0 Å². The van der Waals surface area contributed by atoms with E-state index in [1.54, 1.807) is 0 Å². The van der Waals surface area contributed by atoms with Gasteiger partial charge in [0.25, 0.3) is 0 Å². The quantitative estimate of drug-likeness (QED) is 0.0608. The van der Waals surface area contributed by atoms with Crippen molar-refractivity contribution in [1.82, 2.24) is 0 Å². The van der Waals surface area contributed by atoms with Gasteiger partial charge in [0.2, 0.25) is 0 Å². The number of rotatable bonds is 19. The van der Waals surface area contributed by atoms with Gasteiger partial charge in [0.1, 0.15) is 0 Å². The summed E-state index contributed by atoms with van der Waals surface area (Å²) in [5.41, 5.74) is 0. The van der Waals surface area contributed by atoms with Crippen LogP contribution in [0.1, 0.15) is 110 Å². The molecule has 0 aromatic rings. The van der Waals surface area contributed by atoms with E-state index < -0.39 is 17.9 Å². The average Bonchev–Trinajstić information content (AvgIpc) is 2.82. The minimum absolute atomic E-state index is 0. The van der Waals surface area contributed by atoms with Crippen molar-refractivity contribution in [1.29, 1.82) is 0 Å². The number of aliphatic hydroxyl groups is 2. The first-order valence-corrected chi connectivity index (χ1v) is 13.5. The van der Waals surface area contributed by atoms with Crippen molar-refractivity contribution in [3.05, 3.63) is 0 Å². The van der Waals surface area contributed by atoms with Crippen LogP contribution in [0.5, 0.6) is 0 Å². The molecule has 0 radical (unpaired) electrons. The van der Waals surface area contributed by atoms with Crippen molar-refractivity contribution in [3.8, 4) is 0 Å². The maximum atomic E-state index is 10.3. The van der Waals surface area contributed by atoms with E-state index in [9.17, 15) is 24.6 Å². The van der Waals surface area contributed by atoms with E-state index in [-0.39, 0.29) is 83.8 Å². The molecule has 0 aromatic heterocycles. The first-order chi connectivity index (χ1) is 16.2. The molecule has 0 unspecified atom stereocenters. The molecule has 0 fully saturated rings. The summed E-state index contributed by atoms with van der Waals surface area (Å²) >= 11 is 6.71. The van der Waals surface area contributed by atoms with Gasteiger partial charge in [-0.25, -0.2) is 0 Å². The molecule has 0 rings (SSSR count). The SMILES string of the molecule is CCCCCCCCCCCCCCCCCC(=O)O.O=C([O-])CS.O=C([O-])CS.OCCO.[Na+].[Na+]. The molecule has 0 saturated heterocycles. The molecule has 0 spiro atoms. The topological polar surface area (TPSA) is 158 Å². The largest absolute Gasteiger partial charge is 1.00 e. The van der Waals surface area contributed by atoms with Gasteiger partial charge in [-0.15, -0.1) is 0 Å². The predicted molar refractivity (Wildman–Crippen MR) is 139 cm³/mol. The smallest absolute Gasteiger partial charge is 0.549 e. The summed E-state index contributed by atoms with van der Waals surface area (Å²) in [4.78, 5) is 28.7. The summed E-state index contributed by atoms with van der Waals surface area (Å²) in [6.45, 7) is 2.02. The number of hydrogen-bond acceptors (Lipinski definition) is 9. The summed E-state index contributed by atoms with van der Waals surface area (Å²) in [7, 11) is 0. The Balaban J connectivity index is -0.000000115. The minimum atomic E-state index is -1.13. The minimum Gasteiger partial charge on any atom is -0.549 e. The van der Waals surface area contributed by atoms with Crippen LogP contribution in [-0.2, 0) is 14.4 Å². The number of carboxylic acid groups (broad SMARTS) is 3. The van der Waals surface area contributed by atoms with E-state index >= 15 is 0 Å². The van der Waals surface area contributed by atoms with Crippen LogP contribution in [-0.4, -0.2) is 57.9 Å². The maximum absolute atomic E-state index is 10.3. The molecule has 0 atom stereocenters. The van der Waals surface area contributed by atoms with Gasteiger partial charge in [-0.2, -0.15) is 25.3 Å². The molecule has 36 heavy (non-hydrogen) atoms. The summed E-state index contributed by atoms with van der Waals surface area (Å²) in [6, 6.07) is 0.